The summed E-state index contributed by atoms with van der Waals surface area (Å²) in [6.07, 6.45) is -0.491. The Morgan fingerprint density at radius 1 is 0.963 bits per heavy atom. The van der Waals surface area contributed by atoms with Gasteiger partial charge in [-0.05, 0) is 39.8 Å². The molecule has 0 aliphatic carbocycles. The Kier molecular flexibility index (Phi) is 9.71. The molecule has 154 valence electrons. The molecule has 1 amide bonds. The van der Waals surface area contributed by atoms with Gasteiger partial charge in [0, 0.05) is 6.54 Å². The Balaban J connectivity index is 2.03. The van der Waals surface area contributed by atoms with Gasteiger partial charge < -0.3 is 19.5 Å². The van der Waals surface area contributed by atoms with Crippen molar-refractivity contribution in [2.45, 2.75) is 38.2 Å². The molecule has 0 aromatic heterocycles. The van der Waals surface area contributed by atoms with Gasteiger partial charge in [0.25, 0.3) is 10.1 Å². The van der Waals surface area contributed by atoms with Crippen molar-refractivity contribution in [3.63, 3.8) is 0 Å². The number of alkyl carbamates (subject to hydrolysis) is 1. The van der Waals surface area contributed by atoms with E-state index < -0.39 is 21.8 Å². The molecule has 9 heteroatoms. The predicted molar refractivity (Wildman–Crippen MR) is 100 cm³/mol. The summed E-state index contributed by atoms with van der Waals surface area (Å²) >= 11 is 0. The molecule has 0 saturated heterocycles. The third-order valence-corrected chi connectivity index (χ3v) is 4.39. The Morgan fingerprint density at radius 3 is 2.11 bits per heavy atom. The molecule has 8 nitrogen and oxygen atoms in total. The summed E-state index contributed by atoms with van der Waals surface area (Å²) in [5, 5.41) is 2.57. The van der Waals surface area contributed by atoms with Crippen LogP contribution in [0.2, 0.25) is 0 Å². The summed E-state index contributed by atoms with van der Waals surface area (Å²) in [5.74, 6) is 0. The molecule has 27 heavy (non-hydrogen) atoms. The van der Waals surface area contributed by atoms with Crippen molar-refractivity contribution in [1.29, 1.82) is 0 Å². The van der Waals surface area contributed by atoms with Crippen LogP contribution in [0.15, 0.2) is 29.2 Å². The predicted octanol–water partition coefficient (Wildman–Crippen LogP) is 2.26. The Bertz CT molecular complexity index is 666. The number of amides is 1. The molecule has 0 spiro atoms. The third-order valence-electron chi connectivity index (χ3n) is 3.06. The van der Waals surface area contributed by atoms with E-state index in [4.69, 9.17) is 18.4 Å². The smallest absolute Gasteiger partial charge is 0.407 e. The second-order valence-corrected chi connectivity index (χ2v) is 8.36. The van der Waals surface area contributed by atoms with Crippen LogP contribution in [0, 0.1) is 6.92 Å². The van der Waals surface area contributed by atoms with E-state index in [1.54, 1.807) is 32.9 Å². The molecule has 1 aromatic carbocycles. The van der Waals surface area contributed by atoms with Crippen LogP contribution in [-0.2, 0) is 28.5 Å². The molecule has 0 unspecified atom stereocenters. The van der Waals surface area contributed by atoms with E-state index in [0.29, 0.717) is 26.4 Å². The lowest BCUT2D eigenvalue weighted by Gasteiger charge is -2.19. The molecule has 0 aliphatic heterocycles. The van der Waals surface area contributed by atoms with Crippen LogP contribution in [0.4, 0.5) is 4.79 Å². The van der Waals surface area contributed by atoms with Crippen molar-refractivity contribution >= 4 is 16.2 Å². The molecule has 1 aromatic rings. The highest BCUT2D eigenvalue weighted by atomic mass is 32.2. The van der Waals surface area contributed by atoms with Gasteiger partial charge in [-0.25, -0.2) is 4.79 Å². The normalized spacial score (nSPS) is 12.0. The first-order valence-corrected chi connectivity index (χ1v) is 10.1. The molecule has 1 N–H and O–H groups in total. The first-order valence-electron chi connectivity index (χ1n) is 8.68. The first-order chi connectivity index (χ1) is 12.6. The summed E-state index contributed by atoms with van der Waals surface area (Å²) in [7, 11) is -3.77. The maximum Gasteiger partial charge on any atom is 0.407 e. The summed E-state index contributed by atoms with van der Waals surface area (Å²) in [4.78, 5) is 11.5. The van der Waals surface area contributed by atoms with Crippen LogP contribution in [0.25, 0.3) is 0 Å². The lowest BCUT2D eigenvalue weighted by atomic mass is 10.2. The second-order valence-electron chi connectivity index (χ2n) is 6.74. The van der Waals surface area contributed by atoms with Gasteiger partial charge >= 0.3 is 6.09 Å². The highest BCUT2D eigenvalue weighted by Crippen LogP contribution is 2.12. The minimum absolute atomic E-state index is 0.0730. The largest absolute Gasteiger partial charge is 0.444 e. The highest BCUT2D eigenvalue weighted by Gasteiger charge is 2.15. The summed E-state index contributed by atoms with van der Waals surface area (Å²) in [6.45, 7) is 8.55. The molecule has 0 atom stereocenters. The van der Waals surface area contributed by atoms with Crippen LogP contribution in [0.1, 0.15) is 26.3 Å². The van der Waals surface area contributed by atoms with Crippen molar-refractivity contribution in [3.05, 3.63) is 29.8 Å². The Morgan fingerprint density at radius 2 is 1.52 bits per heavy atom. The zero-order valence-electron chi connectivity index (χ0n) is 16.3. The van der Waals surface area contributed by atoms with Crippen molar-refractivity contribution in [1.82, 2.24) is 5.32 Å². The van der Waals surface area contributed by atoms with E-state index in [2.05, 4.69) is 5.32 Å². The summed E-state index contributed by atoms with van der Waals surface area (Å²) in [5.41, 5.74) is 0.437. The maximum atomic E-state index is 11.9. The minimum Gasteiger partial charge on any atom is -0.444 e. The minimum atomic E-state index is -3.77. The molecular weight excluding hydrogens is 374 g/mol. The average molecular weight is 403 g/mol. The lowest BCUT2D eigenvalue weighted by molar-refractivity contribution is 0.0332. The van der Waals surface area contributed by atoms with Gasteiger partial charge in [0.2, 0.25) is 0 Å². The van der Waals surface area contributed by atoms with Crippen molar-refractivity contribution in [2.24, 2.45) is 0 Å². The van der Waals surface area contributed by atoms with Crippen LogP contribution in [-0.4, -0.2) is 59.7 Å². The molecule has 0 saturated carbocycles. The van der Waals surface area contributed by atoms with Gasteiger partial charge in [0.05, 0.1) is 37.9 Å². The second kappa shape index (κ2) is 11.2. The van der Waals surface area contributed by atoms with Crippen LogP contribution < -0.4 is 5.32 Å². The van der Waals surface area contributed by atoms with Crippen LogP contribution in [0.5, 0.6) is 0 Å². The third kappa shape index (κ3) is 10.9. The van der Waals surface area contributed by atoms with Gasteiger partial charge in [-0.3, -0.25) is 4.18 Å². The van der Waals surface area contributed by atoms with Crippen molar-refractivity contribution in [3.8, 4) is 0 Å². The molecule has 0 heterocycles. The number of carbonyl (C=O) groups is 1. The monoisotopic (exact) mass is 403 g/mol. The van der Waals surface area contributed by atoms with Gasteiger partial charge in [-0.1, -0.05) is 17.7 Å². The Hall–Kier alpha value is -1.68. The molecule has 1 rings (SSSR count). The number of hydrogen-bond acceptors (Lipinski definition) is 7. The van der Waals surface area contributed by atoms with Gasteiger partial charge in [-0.15, -0.1) is 0 Å². The lowest BCUT2D eigenvalue weighted by Crippen LogP contribution is -2.34. The van der Waals surface area contributed by atoms with E-state index in [9.17, 15) is 13.2 Å². The topological polar surface area (TPSA) is 100 Å². The number of rotatable bonds is 11. The standard InChI is InChI=1S/C18H29NO7S/c1-15-5-7-16(8-6-15)27(21,22)25-14-13-24-12-11-23-10-9-19-17(20)26-18(2,3)4/h5-8H,9-14H2,1-4H3,(H,19,20). The van der Waals surface area contributed by atoms with E-state index in [1.165, 1.54) is 12.1 Å². The molecular formula is C18H29NO7S. The number of nitrogens with one attached hydrogen (secondary N) is 1. The Labute approximate surface area is 161 Å². The molecule has 0 radical (unpaired) electrons. The molecule has 0 fully saturated rings. The fraction of sp³-hybridized carbons (Fsp3) is 0.611. The quantitative estimate of drug-likeness (QED) is 0.447. The number of aryl methyl sites for hydroxylation is 1. The first kappa shape index (κ1) is 23.4. The van der Waals surface area contributed by atoms with E-state index >= 15 is 0 Å². The molecule has 0 aliphatic rings. The number of ether oxygens (including phenoxy) is 3. The van der Waals surface area contributed by atoms with Crippen LogP contribution in [0.3, 0.4) is 0 Å². The number of carbonyl (C=O) groups excluding carboxylic acids is 1. The van der Waals surface area contributed by atoms with Crippen molar-refractivity contribution < 1.29 is 31.6 Å². The van der Waals surface area contributed by atoms with Crippen LogP contribution >= 0.6 is 0 Å². The SMILES string of the molecule is Cc1ccc(S(=O)(=O)OCCOCCOCCNC(=O)OC(C)(C)C)cc1. The average Bonchev–Trinajstić information content (AvgIpc) is 2.55. The summed E-state index contributed by atoms with van der Waals surface area (Å²) in [6, 6.07) is 6.43. The number of benzene rings is 1. The number of hydrogen-bond donors (Lipinski definition) is 1. The zero-order chi connectivity index (χ0) is 20.3. The highest BCUT2D eigenvalue weighted by molar-refractivity contribution is 7.86. The van der Waals surface area contributed by atoms with E-state index in [-0.39, 0.29) is 18.1 Å². The molecule has 0 bridgehead atoms. The van der Waals surface area contributed by atoms with Gasteiger partial charge in [0.1, 0.15) is 5.60 Å². The van der Waals surface area contributed by atoms with Crippen molar-refractivity contribution in [2.75, 3.05) is 39.6 Å². The fourth-order valence-electron chi connectivity index (χ4n) is 1.84. The summed E-state index contributed by atoms with van der Waals surface area (Å²) < 4.78 is 44.4. The van der Waals surface area contributed by atoms with Gasteiger partial charge in [-0.2, -0.15) is 8.42 Å². The zero-order valence-corrected chi connectivity index (χ0v) is 17.1. The van der Waals surface area contributed by atoms with E-state index in [1.807, 2.05) is 6.92 Å². The van der Waals surface area contributed by atoms with E-state index in [0.717, 1.165) is 5.56 Å². The maximum absolute atomic E-state index is 11.9. The van der Waals surface area contributed by atoms with Gasteiger partial charge in [0.15, 0.2) is 0 Å². The fourth-order valence-corrected chi connectivity index (χ4v) is 2.73.